The molecule has 4 atom stereocenters. The molecule has 3 amide bonds. The lowest BCUT2D eigenvalue weighted by Gasteiger charge is -2.35. The summed E-state index contributed by atoms with van der Waals surface area (Å²) in [7, 11) is -2.32. The highest BCUT2D eigenvalue weighted by molar-refractivity contribution is 7.92. The van der Waals surface area contributed by atoms with E-state index in [1.54, 1.807) is 38.2 Å². The van der Waals surface area contributed by atoms with Crippen LogP contribution in [0.15, 0.2) is 71.6 Å². The van der Waals surface area contributed by atoms with Crippen LogP contribution in [0, 0.1) is 18.7 Å². The number of hydrogen-bond donors (Lipinski definition) is 3. The molecule has 0 saturated carbocycles. The van der Waals surface area contributed by atoms with Crippen LogP contribution in [-0.4, -0.2) is 86.9 Å². The number of carbonyl (C=O) groups excluding carboxylic acids is 2. The summed E-state index contributed by atoms with van der Waals surface area (Å²) in [4.78, 5) is 30.5. The number of nitrogens with zero attached hydrogens (tertiary/aromatic N) is 2. The van der Waals surface area contributed by atoms with E-state index in [4.69, 9.17) is 9.47 Å². The molecule has 3 aromatic rings. The van der Waals surface area contributed by atoms with Crippen LogP contribution >= 0.6 is 0 Å². The van der Waals surface area contributed by atoms with Gasteiger partial charge in [0.25, 0.3) is 15.9 Å². The summed E-state index contributed by atoms with van der Waals surface area (Å²) >= 11 is 0. The molecule has 49 heavy (non-hydrogen) atoms. The molecule has 266 valence electrons. The number of aliphatic hydroxyl groups excluding tert-OH is 1. The lowest BCUT2D eigenvalue weighted by Crippen LogP contribution is -2.48. The lowest BCUT2D eigenvalue weighted by atomic mass is 10.0. The second-order valence-electron chi connectivity index (χ2n) is 12.7. The molecule has 0 spiro atoms. The van der Waals surface area contributed by atoms with E-state index >= 15 is 0 Å². The standard InChI is InChI=1S/C36H47FN4O7S/c1-24-9-16-31(17-10-24)49(45,46)39-30-15-18-33-32(20-30)35(43)41(26(3)23-42)21-25(2)34(47-19-7-6-8-27(4)48-33)22-40(5)36(44)38-29-13-11-28(37)12-14-29/h9-18,20,25-27,34,39,42H,6-8,19,21-23H2,1-5H3,(H,38,44)/t25-,26-,27-,34+/m0/s1. The topological polar surface area (TPSA) is 138 Å². The third kappa shape index (κ3) is 10.4. The fourth-order valence-corrected chi connectivity index (χ4v) is 6.53. The van der Waals surface area contributed by atoms with Crippen LogP contribution in [0.4, 0.5) is 20.6 Å². The highest BCUT2D eigenvalue weighted by atomic mass is 32.2. The van der Waals surface area contributed by atoms with Crippen molar-refractivity contribution in [2.45, 2.75) is 70.1 Å². The molecule has 1 aliphatic heterocycles. The molecule has 0 aromatic heterocycles. The Morgan fingerprint density at radius 3 is 2.41 bits per heavy atom. The van der Waals surface area contributed by atoms with Crippen LogP contribution < -0.4 is 14.8 Å². The molecule has 1 aliphatic rings. The Hall–Kier alpha value is -4.20. The Bertz CT molecular complexity index is 1670. The predicted octanol–water partition coefficient (Wildman–Crippen LogP) is 5.89. The van der Waals surface area contributed by atoms with Gasteiger partial charge in [-0.1, -0.05) is 24.6 Å². The Labute approximate surface area is 288 Å². The zero-order valence-corrected chi connectivity index (χ0v) is 29.5. The lowest BCUT2D eigenvalue weighted by molar-refractivity contribution is -0.0115. The van der Waals surface area contributed by atoms with Gasteiger partial charge in [0.05, 0.1) is 35.3 Å². The van der Waals surface area contributed by atoms with Gasteiger partial charge in [-0.05, 0) is 94.6 Å². The first-order chi connectivity index (χ1) is 23.3. The predicted molar refractivity (Wildman–Crippen MR) is 187 cm³/mol. The maximum absolute atomic E-state index is 14.4. The van der Waals surface area contributed by atoms with Gasteiger partial charge in [-0.3, -0.25) is 9.52 Å². The number of benzene rings is 3. The van der Waals surface area contributed by atoms with Gasteiger partial charge in [-0.25, -0.2) is 17.6 Å². The Balaban J connectivity index is 1.62. The quantitative estimate of drug-likeness (QED) is 0.267. The summed E-state index contributed by atoms with van der Waals surface area (Å²) < 4.78 is 54.9. The molecule has 0 bridgehead atoms. The van der Waals surface area contributed by atoms with Crippen molar-refractivity contribution < 1.29 is 37.0 Å². The van der Waals surface area contributed by atoms with Crippen molar-refractivity contribution in [1.82, 2.24) is 9.80 Å². The number of amides is 3. The number of sulfonamides is 1. The normalized spacial score (nSPS) is 19.9. The van der Waals surface area contributed by atoms with E-state index in [2.05, 4.69) is 10.0 Å². The van der Waals surface area contributed by atoms with E-state index in [0.29, 0.717) is 24.5 Å². The number of urea groups is 1. The van der Waals surface area contributed by atoms with E-state index in [0.717, 1.165) is 18.4 Å². The van der Waals surface area contributed by atoms with Crippen LogP contribution in [0.3, 0.4) is 0 Å². The van der Waals surface area contributed by atoms with Gasteiger partial charge in [0.2, 0.25) is 0 Å². The molecule has 0 unspecified atom stereocenters. The number of ether oxygens (including phenoxy) is 2. The number of nitrogens with one attached hydrogen (secondary N) is 2. The summed E-state index contributed by atoms with van der Waals surface area (Å²) in [6, 6.07) is 15.5. The summed E-state index contributed by atoms with van der Waals surface area (Å²) in [6.45, 7) is 7.87. The summed E-state index contributed by atoms with van der Waals surface area (Å²) in [5.74, 6) is -0.854. The minimum absolute atomic E-state index is 0.0843. The number of fused-ring (bicyclic) bond motifs is 1. The van der Waals surface area contributed by atoms with Gasteiger partial charge >= 0.3 is 6.03 Å². The Kier molecular flexibility index (Phi) is 13.0. The maximum atomic E-state index is 14.4. The zero-order chi connectivity index (χ0) is 35.7. The summed E-state index contributed by atoms with van der Waals surface area (Å²) in [5.41, 5.74) is 1.70. The number of likely N-dealkylation sites (N-methyl/N-ethyl adjacent to an activating group) is 1. The van der Waals surface area contributed by atoms with E-state index in [9.17, 15) is 27.5 Å². The van der Waals surface area contributed by atoms with Gasteiger partial charge < -0.3 is 29.7 Å². The molecule has 0 saturated heterocycles. The second-order valence-corrected chi connectivity index (χ2v) is 14.4. The van der Waals surface area contributed by atoms with Crippen LogP contribution in [-0.2, 0) is 14.8 Å². The molecule has 11 nitrogen and oxygen atoms in total. The molecular weight excluding hydrogens is 651 g/mol. The van der Waals surface area contributed by atoms with Gasteiger partial charge in [-0.15, -0.1) is 0 Å². The van der Waals surface area contributed by atoms with E-state index in [1.165, 1.54) is 52.3 Å². The number of anilines is 2. The largest absolute Gasteiger partial charge is 0.490 e. The van der Waals surface area contributed by atoms with Crippen LogP contribution in [0.1, 0.15) is 56.0 Å². The number of halogens is 1. The minimum Gasteiger partial charge on any atom is -0.490 e. The third-order valence-corrected chi connectivity index (χ3v) is 9.93. The van der Waals surface area contributed by atoms with E-state index in [1.807, 2.05) is 20.8 Å². The highest BCUT2D eigenvalue weighted by Crippen LogP contribution is 2.29. The average molecular weight is 699 g/mol. The van der Waals surface area contributed by atoms with Crippen molar-refractivity contribution in [2.75, 3.05) is 43.4 Å². The Morgan fingerprint density at radius 2 is 1.73 bits per heavy atom. The highest BCUT2D eigenvalue weighted by Gasteiger charge is 2.31. The maximum Gasteiger partial charge on any atom is 0.321 e. The molecule has 0 aliphatic carbocycles. The number of aliphatic hydroxyl groups is 1. The van der Waals surface area contributed by atoms with E-state index in [-0.39, 0.29) is 47.9 Å². The second kappa shape index (κ2) is 17.0. The number of carbonyl (C=O) groups is 2. The number of hydrogen-bond acceptors (Lipinski definition) is 7. The van der Waals surface area contributed by atoms with Gasteiger partial charge in [0.1, 0.15) is 11.6 Å². The van der Waals surface area contributed by atoms with Crippen molar-refractivity contribution >= 4 is 33.3 Å². The van der Waals surface area contributed by atoms with Crippen molar-refractivity contribution in [1.29, 1.82) is 0 Å². The van der Waals surface area contributed by atoms with E-state index < -0.39 is 39.9 Å². The minimum atomic E-state index is -3.95. The molecule has 0 fully saturated rings. The monoisotopic (exact) mass is 698 g/mol. The molecule has 3 N–H and O–H groups in total. The van der Waals surface area contributed by atoms with Crippen molar-refractivity contribution in [3.8, 4) is 5.75 Å². The van der Waals surface area contributed by atoms with Crippen LogP contribution in [0.5, 0.6) is 5.75 Å². The summed E-state index contributed by atoms with van der Waals surface area (Å²) in [5, 5.41) is 13.0. The first-order valence-corrected chi connectivity index (χ1v) is 18.0. The van der Waals surface area contributed by atoms with Crippen LogP contribution in [0.25, 0.3) is 0 Å². The first-order valence-electron chi connectivity index (χ1n) is 16.5. The summed E-state index contributed by atoms with van der Waals surface area (Å²) in [6.07, 6.45) is 1.47. The van der Waals surface area contributed by atoms with Gasteiger partial charge in [0.15, 0.2) is 0 Å². The average Bonchev–Trinajstić information content (AvgIpc) is 3.07. The van der Waals surface area contributed by atoms with Gasteiger partial charge in [-0.2, -0.15) is 0 Å². The molecular formula is C36H47FN4O7S. The van der Waals surface area contributed by atoms with Crippen molar-refractivity contribution in [2.24, 2.45) is 5.92 Å². The van der Waals surface area contributed by atoms with Crippen molar-refractivity contribution in [3.05, 3.63) is 83.7 Å². The number of rotatable bonds is 8. The molecule has 1 heterocycles. The SMILES string of the molecule is Cc1ccc(S(=O)(=O)Nc2ccc3c(c2)C(=O)N([C@@H](C)CO)C[C@H](C)[C@@H](CN(C)C(=O)Nc2ccc(F)cc2)OCCCC[C@H](C)O3)cc1. The fraction of sp³-hybridized carbons (Fsp3) is 0.444. The fourth-order valence-electron chi connectivity index (χ4n) is 5.49. The molecule has 13 heteroatoms. The third-order valence-electron chi connectivity index (χ3n) is 8.53. The van der Waals surface area contributed by atoms with Crippen molar-refractivity contribution in [3.63, 3.8) is 0 Å². The number of aryl methyl sites for hydroxylation is 1. The first kappa shape index (κ1) is 37.6. The molecule has 4 rings (SSSR count). The smallest absolute Gasteiger partial charge is 0.321 e. The Morgan fingerprint density at radius 1 is 1.06 bits per heavy atom. The van der Waals surface area contributed by atoms with Gasteiger partial charge in [0, 0.05) is 44.0 Å². The molecule has 0 radical (unpaired) electrons. The zero-order valence-electron chi connectivity index (χ0n) is 28.7. The molecule has 3 aromatic carbocycles. The van der Waals surface area contributed by atoms with Crippen LogP contribution in [0.2, 0.25) is 0 Å².